The van der Waals surface area contributed by atoms with Gasteiger partial charge in [-0.3, -0.25) is 9.78 Å². The van der Waals surface area contributed by atoms with E-state index in [1.807, 2.05) is 6.07 Å². The number of carbonyl (C=O) groups is 1. The van der Waals surface area contributed by atoms with Crippen molar-refractivity contribution in [3.8, 4) is 11.4 Å². The summed E-state index contributed by atoms with van der Waals surface area (Å²) in [7, 11) is 0. The van der Waals surface area contributed by atoms with Crippen LogP contribution in [-0.4, -0.2) is 47.0 Å². The third kappa shape index (κ3) is 4.57. The van der Waals surface area contributed by atoms with Gasteiger partial charge in [0.2, 0.25) is 17.6 Å². The van der Waals surface area contributed by atoms with E-state index in [2.05, 4.69) is 20.4 Å². The number of hydrogen-bond acceptors (Lipinski definition) is 7. The zero-order chi connectivity index (χ0) is 15.9. The Bertz CT molecular complexity index is 625. The lowest BCUT2D eigenvalue weighted by molar-refractivity contribution is -0.127. The second kappa shape index (κ2) is 7.80. The van der Waals surface area contributed by atoms with Gasteiger partial charge in [-0.05, 0) is 25.0 Å². The molecule has 8 heteroatoms. The Morgan fingerprint density at radius 2 is 2.43 bits per heavy atom. The quantitative estimate of drug-likeness (QED) is 0.811. The van der Waals surface area contributed by atoms with Crippen molar-refractivity contribution in [2.45, 2.75) is 25.5 Å². The maximum Gasteiger partial charge on any atom is 0.246 e. The van der Waals surface area contributed by atoms with Gasteiger partial charge in [0.05, 0.1) is 19.3 Å². The zero-order valence-electron chi connectivity index (χ0n) is 12.6. The van der Waals surface area contributed by atoms with E-state index in [9.17, 15) is 4.79 Å². The van der Waals surface area contributed by atoms with Gasteiger partial charge in [-0.2, -0.15) is 4.98 Å². The summed E-state index contributed by atoms with van der Waals surface area (Å²) in [6.07, 6.45) is 5.46. The molecule has 1 atom stereocenters. The summed E-state index contributed by atoms with van der Waals surface area (Å²) in [4.78, 5) is 19.9. The predicted octanol–water partition coefficient (Wildman–Crippen LogP) is 0.943. The Kier molecular flexibility index (Phi) is 5.28. The van der Waals surface area contributed by atoms with Crippen molar-refractivity contribution in [3.05, 3.63) is 30.4 Å². The van der Waals surface area contributed by atoms with Crippen LogP contribution >= 0.6 is 0 Å². The number of rotatable bonds is 7. The van der Waals surface area contributed by atoms with E-state index in [-0.39, 0.29) is 25.2 Å². The molecule has 3 rings (SSSR count). The predicted molar refractivity (Wildman–Crippen MR) is 79.2 cm³/mol. The second-order valence-electron chi connectivity index (χ2n) is 5.18. The van der Waals surface area contributed by atoms with Crippen LogP contribution in [-0.2, 0) is 20.8 Å². The van der Waals surface area contributed by atoms with E-state index in [1.165, 1.54) is 0 Å². The molecule has 1 aliphatic rings. The first-order valence-electron chi connectivity index (χ1n) is 7.50. The largest absolute Gasteiger partial charge is 0.376 e. The Morgan fingerprint density at radius 3 is 3.22 bits per heavy atom. The molecule has 0 spiro atoms. The smallest absolute Gasteiger partial charge is 0.246 e. The van der Waals surface area contributed by atoms with E-state index < -0.39 is 0 Å². The molecule has 1 saturated heterocycles. The Balaban J connectivity index is 1.40. The number of ether oxygens (including phenoxy) is 2. The van der Waals surface area contributed by atoms with Crippen LogP contribution in [0.2, 0.25) is 0 Å². The first-order chi connectivity index (χ1) is 11.3. The van der Waals surface area contributed by atoms with Gasteiger partial charge in [-0.25, -0.2) is 0 Å². The lowest BCUT2D eigenvalue weighted by Crippen LogP contribution is -2.28. The number of amides is 1. The molecule has 0 aromatic carbocycles. The van der Waals surface area contributed by atoms with Crippen molar-refractivity contribution < 1.29 is 18.8 Å². The molecule has 1 amide bonds. The van der Waals surface area contributed by atoms with E-state index in [4.69, 9.17) is 14.0 Å². The third-order valence-corrected chi connectivity index (χ3v) is 3.39. The number of hydrogen-bond donors (Lipinski definition) is 1. The van der Waals surface area contributed by atoms with E-state index in [0.717, 1.165) is 25.0 Å². The molecule has 1 fully saturated rings. The molecular formula is C15H18N4O4. The van der Waals surface area contributed by atoms with Crippen LogP contribution < -0.4 is 5.32 Å². The van der Waals surface area contributed by atoms with Gasteiger partial charge in [0, 0.05) is 24.6 Å². The Morgan fingerprint density at radius 1 is 1.48 bits per heavy atom. The highest BCUT2D eigenvalue weighted by atomic mass is 16.5. The van der Waals surface area contributed by atoms with Crippen molar-refractivity contribution in [2.24, 2.45) is 0 Å². The summed E-state index contributed by atoms with van der Waals surface area (Å²) < 4.78 is 15.8. The SMILES string of the molecule is O=C(COC[C@@H]1CCCO1)NCc1nc(-c2cccnc2)no1. The van der Waals surface area contributed by atoms with Crippen molar-refractivity contribution >= 4 is 5.91 Å². The van der Waals surface area contributed by atoms with Crippen LogP contribution in [0.1, 0.15) is 18.7 Å². The van der Waals surface area contributed by atoms with Crippen LogP contribution in [0.5, 0.6) is 0 Å². The third-order valence-electron chi connectivity index (χ3n) is 3.39. The monoisotopic (exact) mass is 318 g/mol. The number of aromatic nitrogens is 3. The van der Waals surface area contributed by atoms with Crippen LogP contribution in [0.3, 0.4) is 0 Å². The summed E-state index contributed by atoms with van der Waals surface area (Å²) in [5.41, 5.74) is 0.758. The highest BCUT2D eigenvalue weighted by Gasteiger charge is 2.16. The van der Waals surface area contributed by atoms with Gasteiger partial charge in [-0.1, -0.05) is 5.16 Å². The lowest BCUT2D eigenvalue weighted by Gasteiger charge is -2.09. The standard InChI is InChI=1S/C15H18N4O4/c20-13(10-21-9-12-4-2-6-22-12)17-8-14-18-15(19-23-14)11-3-1-5-16-7-11/h1,3,5,7,12H,2,4,6,8-10H2,(H,17,20)/t12-/m0/s1. The number of nitrogens with one attached hydrogen (secondary N) is 1. The first-order valence-corrected chi connectivity index (χ1v) is 7.50. The topological polar surface area (TPSA) is 99.4 Å². The molecule has 23 heavy (non-hydrogen) atoms. The fourth-order valence-corrected chi connectivity index (χ4v) is 2.22. The molecule has 122 valence electrons. The molecule has 1 aliphatic heterocycles. The minimum atomic E-state index is -0.232. The first kappa shape index (κ1) is 15.6. The van der Waals surface area contributed by atoms with Crippen LogP contribution in [0.15, 0.2) is 29.0 Å². The molecular weight excluding hydrogens is 300 g/mol. The second-order valence-corrected chi connectivity index (χ2v) is 5.18. The van der Waals surface area contributed by atoms with E-state index in [1.54, 1.807) is 18.5 Å². The fraction of sp³-hybridized carbons (Fsp3) is 0.467. The summed E-state index contributed by atoms with van der Waals surface area (Å²) in [6, 6.07) is 3.62. The van der Waals surface area contributed by atoms with Crippen molar-refractivity contribution in [1.82, 2.24) is 20.4 Å². The lowest BCUT2D eigenvalue weighted by atomic mass is 10.2. The Labute approximate surface area is 133 Å². The van der Waals surface area contributed by atoms with Crippen LogP contribution in [0, 0.1) is 0 Å². The maximum absolute atomic E-state index is 11.7. The number of pyridine rings is 1. The van der Waals surface area contributed by atoms with Crippen LogP contribution in [0.25, 0.3) is 11.4 Å². The average Bonchev–Trinajstić information content (AvgIpc) is 3.25. The normalized spacial score (nSPS) is 17.3. The van der Waals surface area contributed by atoms with E-state index in [0.29, 0.717) is 18.3 Å². The van der Waals surface area contributed by atoms with Crippen molar-refractivity contribution in [3.63, 3.8) is 0 Å². The van der Waals surface area contributed by atoms with E-state index >= 15 is 0 Å². The van der Waals surface area contributed by atoms with Crippen LogP contribution in [0.4, 0.5) is 0 Å². The molecule has 2 aromatic heterocycles. The zero-order valence-corrected chi connectivity index (χ0v) is 12.6. The maximum atomic E-state index is 11.7. The number of carbonyl (C=O) groups excluding carboxylic acids is 1. The van der Waals surface area contributed by atoms with Gasteiger partial charge in [0.15, 0.2) is 0 Å². The van der Waals surface area contributed by atoms with Gasteiger partial charge in [0.1, 0.15) is 6.61 Å². The van der Waals surface area contributed by atoms with Crippen molar-refractivity contribution in [1.29, 1.82) is 0 Å². The average molecular weight is 318 g/mol. The minimum Gasteiger partial charge on any atom is -0.376 e. The van der Waals surface area contributed by atoms with Crippen molar-refractivity contribution in [2.75, 3.05) is 19.8 Å². The molecule has 3 heterocycles. The minimum absolute atomic E-state index is 0.0105. The summed E-state index contributed by atoms with van der Waals surface area (Å²) in [5.74, 6) is 0.539. The summed E-state index contributed by atoms with van der Waals surface area (Å²) in [5, 5.41) is 6.53. The molecule has 1 N–H and O–H groups in total. The van der Waals surface area contributed by atoms with Gasteiger partial charge in [-0.15, -0.1) is 0 Å². The molecule has 0 radical (unpaired) electrons. The molecule has 0 bridgehead atoms. The fourth-order valence-electron chi connectivity index (χ4n) is 2.22. The van der Waals surface area contributed by atoms with Gasteiger partial charge in [0.25, 0.3) is 0 Å². The Hall–Kier alpha value is -2.32. The number of nitrogens with zero attached hydrogens (tertiary/aromatic N) is 3. The summed E-state index contributed by atoms with van der Waals surface area (Å²) >= 11 is 0. The highest BCUT2D eigenvalue weighted by Crippen LogP contribution is 2.13. The summed E-state index contributed by atoms with van der Waals surface area (Å²) in [6.45, 7) is 1.37. The van der Waals surface area contributed by atoms with Gasteiger partial charge >= 0.3 is 0 Å². The molecule has 0 unspecified atom stereocenters. The highest BCUT2D eigenvalue weighted by molar-refractivity contribution is 5.77. The molecule has 2 aromatic rings. The van der Waals surface area contributed by atoms with Gasteiger partial charge < -0.3 is 19.3 Å². The molecule has 8 nitrogen and oxygen atoms in total. The molecule has 0 aliphatic carbocycles. The molecule has 0 saturated carbocycles.